The molecule has 0 spiro atoms. The summed E-state index contributed by atoms with van der Waals surface area (Å²) in [5, 5.41) is 2.64. The van der Waals surface area contributed by atoms with Gasteiger partial charge in [0, 0.05) is 6.20 Å². The van der Waals surface area contributed by atoms with Crippen LogP contribution in [0.1, 0.15) is 11.6 Å². The molecule has 1 amide bonds. The summed E-state index contributed by atoms with van der Waals surface area (Å²) in [4.78, 5) is 11.4. The van der Waals surface area contributed by atoms with Crippen LogP contribution in [0.25, 0.3) is 0 Å². The molecule has 1 unspecified atom stereocenters. The van der Waals surface area contributed by atoms with E-state index in [1.54, 1.807) is 24.3 Å². The average molecular weight is 267 g/mol. The van der Waals surface area contributed by atoms with Crippen molar-refractivity contribution < 1.29 is 13.2 Å². The molecule has 18 heavy (non-hydrogen) atoms. The molecule has 1 fully saturated rings. The predicted molar refractivity (Wildman–Crippen MR) is 66.5 cm³/mol. The third-order valence-electron chi connectivity index (χ3n) is 2.67. The van der Waals surface area contributed by atoms with Gasteiger partial charge in [0.05, 0.1) is 11.8 Å². The highest BCUT2D eigenvalue weighted by molar-refractivity contribution is 7.96. The maximum atomic E-state index is 11.9. The van der Waals surface area contributed by atoms with Gasteiger partial charge >= 0.3 is 0 Å². The molecule has 1 aliphatic heterocycles. The smallest absolute Gasteiger partial charge is 0.264 e. The van der Waals surface area contributed by atoms with Crippen LogP contribution in [0, 0.1) is 0 Å². The summed E-state index contributed by atoms with van der Waals surface area (Å²) < 4.78 is 23.9. The Morgan fingerprint density at radius 3 is 2.56 bits per heavy atom. The zero-order valence-electron chi connectivity index (χ0n) is 9.46. The third-order valence-corrected chi connectivity index (χ3v) is 4.41. The number of benzene rings is 1. The van der Waals surface area contributed by atoms with Crippen LogP contribution in [0.3, 0.4) is 0 Å². The maximum Gasteiger partial charge on any atom is 0.264 e. The van der Waals surface area contributed by atoms with E-state index in [-0.39, 0.29) is 10.7 Å². The summed E-state index contributed by atoms with van der Waals surface area (Å²) in [7, 11) is -3.63. The van der Waals surface area contributed by atoms with Crippen molar-refractivity contribution in [3.8, 4) is 0 Å². The van der Waals surface area contributed by atoms with E-state index in [9.17, 15) is 13.2 Å². The van der Waals surface area contributed by atoms with E-state index in [4.69, 9.17) is 5.84 Å². The number of hydrogen-bond acceptors (Lipinski definition) is 5. The number of amides is 1. The van der Waals surface area contributed by atoms with Crippen molar-refractivity contribution in [2.45, 2.75) is 6.04 Å². The van der Waals surface area contributed by atoms with Crippen LogP contribution >= 0.6 is 0 Å². The largest absolute Gasteiger partial charge is 0.344 e. The van der Waals surface area contributed by atoms with Gasteiger partial charge in [-0.15, -0.1) is 0 Å². The fourth-order valence-electron chi connectivity index (χ4n) is 1.82. The van der Waals surface area contributed by atoms with Gasteiger partial charge in [-0.25, -0.2) is 8.42 Å². The van der Waals surface area contributed by atoms with E-state index >= 15 is 0 Å². The molecular weight excluding hydrogens is 254 g/mol. The molecule has 4 N–H and O–H groups in total. The van der Waals surface area contributed by atoms with E-state index in [2.05, 4.69) is 10.7 Å². The molecule has 2 rings (SSSR count). The number of sulfone groups is 1. The molecular formula is C11H13N3O3S. The Kier molecular flexibility index (Phi) is 3.35. The molecule has 7 heteroatoms. The van der Waals surface area contributed by atoms with Crippen molar-refractivity contribution in [2.24, 2.45) is 5.84 Å². The van der Waals surface area contributed by atoms with Gasteiger partial charge in [-0.3, -0.25) is 10.6 Å². The number of hydrazine groups is 1. The van der Waals surface area contributed by atoms with Gasteiger partial charge in [-0.05, 0) is 5.56 Å². The van der Waals surface area contributed by atoms with E-state index in [1.807, 2.05) is 6.07 Å². The third kappa shape index (κ3) is 2.36. The summed E-state index contributed by atoms with van der Waals surface area (Å²) in [5.41, 5.74) is 2.83. The van der Waals surface area contributed by atoms with Crippen molar-refractivity contribution in [3.63, 3.8) is 0 Å². The van der Waals surface area contributed by atoms with Gasteiger partial charge in [-0.2, -0.15) is 0 Å². The number of carbonyl (C=O) groups is 1. The Morgan fingerprint density at radius 1 is 1.33 bits per heavy atom. The Balaban J connectivity index is 2.33. The molecule has 0 aromatic heterocycles. The normalized spacial score (nSPS) is 24.6. The van der Waals surface area contributed by atoms with Gasteiger partial charge < -0.3 is 10.7 Å². The van der Waals surface area contributed by atoms with Crippen molar-refractivity contribution >= 4 is 15.7 Å². The van der Waals surface area contributed by atoms with Gasteiger partial charge in [0.1, 0.15) is 4.91 Å². The molecule has 1 aromatic rings. The Labute approximate surface area is 105 Å². The van der Waals surface area contributed by atoms with Crippen LogP contribution in [0.5, 0.6) is 0 Å². The second kappa shape index (κ2) is 4.79. The zero-order valence-corrected chi connectivity index (χ0v) is 10.3. The van der Waals surface area contributed by atoms with Crippen LogP contribution in [-0.4, -0.2) is 20.1 Å². The first-order valence-corrected chi connectivity index (χ1v) is 6.94. The Bertz CT molecular complexity index is 581. The lowest BCUT2D eigenvalue weighted by atomic mass is 10.1. The van der Waals surface area contributed by atoms with E-state index in [0.29, 0.717) is 0 Å². The minimum absolute atomic E-state index is 0.170. The van der Waals surface area contributed by atoms with Crippen LogP contribution in [0.2, 0.25) is 0 Å². The predicted octanol–water partition coefficient (Wildman–Crippen LogP) is -0.423. The molecule has 1 aliphatic rings. The Morgan fingerprint density at radius 2 is 2.00 bits per heavy atom. The van der Waals surface area contributed by atoms with Crippen LogP contribution in [0.15, 0.2) is 41.4 Å². The lowest BCUT2D eigenvalue weighted by Gasteiger charge is -2.25. The summed E-state index contributed by atoms with van der Waals surface area (Å²) in [6.07, 6.45) is 0.992. The quantitative estimate of drug-likeness (QED) is 0.384. The van der Waals surface area contributed by atoms with E-state index < -0.39 is 21.8 Å². The topological polar surface area (TPSA) is 101 Å². The summed E-state index contributed by atoms with van der Waals surface area (Å²) in [6, 6.07) is 8.43. The van der Waals surface area contributed by atoms with Crippen molar-refractivity contribution in [1.29, 1.82) is 0 Å². The highest BCUT2D eigenvalue weighted by atomic mass is 32.2. The van der Waals surface area contributed by atoms with E-state index in [1.165, 1.54) is 0 Å². The first-order valence-electron chi connectivity index (χ1n) is 5.29. The minimum Gasteiger partial charge on any atom is -0.344 e. The SMILES string of the molecule is NN/C=C1\C(=O)NC(c2ccccc2)CS1(=O)=O. The lowest BCUT2D eigenvalue weighted by molar-refractivity contribution is -0.117. The molecule has 1 aromatic carbocycles. The number of nitrogens with two attached hydrogens (primary N) is 1. The molecule has 0 radical (unpaired) electrons. The molecule has 6 nitrogen and oxygen atoms in total. The van der Waals surface area contributed by atoms with Gasteiger partial charge in [-0.1, -0.05) is 30.3 Å². The second-order valence-electron chi connectivity index (χ2n) is 3.89. The summed E-state index contributed by atoms with van der Waals surface area (Å²) in [5.74, 6) is 4.20. The monoisotopic (exact) mass is 267 g/mol. The fourth-order valence-corrected chi connectivity index (χ4v) is 3.30. The first kappa shape index (κ1) is 12.6. The van der Waals surface area contributed by atoms with Crippen molar-refractivity contribution in [2.75, 3.05) is 5.75 Å². The van der Waals surface area contributed by atoms with Gasteiger partial charge in [0.25, 0.3) is 5.91 Å². The number of carbonyl (C=O) groups excluding carboxylic acids is 1. The van der Waals surface area contributed by atoms with Crippen molar-refractivity contribution in [1.82, 2.24) is 10.7 Å². The second-order valence-corrected chi connectivity index (χ2v) is 5.90. The van der Waals surface area contributed by atoms with Gasteiger partial charge in [0.2, 0.25) is 0 Å². The van der Waals surface area contributed by atoms with Gasteiger partial charge in [0.15, 0.2) is 9.84 Å². The van der Waals surface area contributed by atoms with Crippen LogP contribution in [-0.2, 0) is 14.6 Å². The van der Waals surface area contributed by atoms with Crippen LogP contribution in [0.4, 0.5) is 0 Å². The zero-order chi connectivity index (χ0) is 13.2. The molecule has 0 bridgehead atoms. The molecule has 1 atom stereocenters. The fraction of sp³-hybridized carbons (Fsp3) is 0.182. The standard InChI is InChI=1S/C11H13N3O3S/c12-13-6-10-11(15)14-9(7-18(10,16)17)8-4-2-1-3-5-8/h1-6,9,13H,7,12H2,(H,14,15)/b10-6+. The molecule has 96 valence electrons. The lowest BCUT2D eigenvalue weighted by Crippen LogP contribution is -2.43. The number of rotatable bonds is 2. The van der Waals surface area contributed by atoms with E-state index in [0.717, 1.165) is 11.8 Å². The Hall–Kier alpha value is -1.86. The number of hydrogen-bond donors (Lipinski definition) is 3. The average Bonchev–Trinajstić information content (AvgIpc) is 2.34. The molecule has 1 heterocycles. The summed E-state index contributed by atoms with van der Waals surface area (Å²) >= 11 is 0. The highest BCUT2D eigenvalue weighted by Crippen LogP contribution is 2.24. The molecule has 0 aliphatic carbocycles. The number of nitrogens with one attached hydrogen (secondary N) is 2. The highest BCUT2D eigenvalue weighted by Gasteiger charge is 2.35. The van der Waals surface area contributed by atoms with Crippen LogP contribution < -0.4 is 16.6 Å². The maximum absolute atomic E-state index is 11.9. The minimum atomic E-state index is -3.63. The molecule has 1 saturated heterocycles. The summed E-state index contributed by atoms with van der Waals surface area (Å²) in [6.45, 7) is 0. The molecule has 0 saturated carbocycles. The van der Waals surface area contributed by atoms with Crippen molar-refractivity contribution in [3.05, 3.63) is 47.0 Å². The first-order chi connectivity index (χ1) is 8.54.